The summed E-state index contributed by atoms with van der Waals surface area (Å²) in [6, 6.07) is 7.28. The summed E-state index contributed by atoms with van der Waals surface area (Å²) in [5.41, 5.74) is 0.830. The molecule has 0 saturated carbocycles. The summed E-state index contributed by atoms with van der Waals surface area (Å²) in [6.45, 7) is 0.0751. The predicted molar refractivity (Wildman–Crippen MR) is 80.7 cm³/mol. The summed E-state index contributed by atoms with van der Waals surface area (Å²) in [6.07, 6.45) is 6.40. The van der Waals surface area contributed by atoms with Crippen LogP contribution in [0.1, 0.15) is 24.8 Å². The van der Waals surface area contributed by atoms with Gasteiger partial charge in [0.25, 0.3) is 5.91 Å². The number of rotatable bonds is 5. The number of benzene rings is 1. The first-order valence-corrected chi connectivity index (χ1v) is 7.36. The Bertz CT molecular complexity index is 542. The maximum absolute atomic E-state index is 11.8. The lowest BCUT2D eigenvalue weighted by molar-refractivity contribution is -0.152. The Hall–Kier alpha value is -1.81. The molecule has 21 heavy (non-hydrogen) atoms. The van der Waals surface area contributed by atoms with E-state index in [4.69, 9.17) is 16.3 Å². The molecule has 0 aromatic heterocycles. The second-order valence-corrected chi connectivity index (χ2v) is 5.36. The van der Waals surface area contributed by atoms with Crippen LogP contribution in [0.2, 0.25) is 5.02 Å². The number of hydrogen-bond donors (Lipinski definition) is 1. The highest BCUT2D eigenvalue weighted by atomic mass is 35.5. The number of allylic oxidation sites excluding steroid dienone is 2. The standard InChI is InChI=1S/C16H18ClNO3/c17-14-9-5-4-8-13(14)10-18-15(19)11-21-16(20)12-6-2-1-3-7-12/h1-2,4-5,8-9,12H,3,6-7,10-11H2,(H,18,19)/t12-/m1/s1. The van der Waals surface area contributed by atoms with Crippen LogP contribution in [0.4, 0.5) is 0 Å². The third-order valence-corrected chi connectivity index (χ3v) is 3.75. The highest BCUT2D eigenvalue weighted by Crippen LogP contribution is 2.19. The lowest BCUT2D eigenvalue weighted by Crippen LogP contribution is -2.30. The van der Waals surface area contributed by atoms with Crippen molar-refractivity contribution in [1.82, 2.24) is 5.32 Å². The summed E-state index contributed by atoms with van der Waals surface area (Å²) >= 11 is 5.99. The molecule has 0 saturated heterocycles. The topological polar surface area (TPSA) is 55.4 Å². The van der Waals surface area contributed by atoms with Crippen molar-refractivity contribution in [1.29, 1.82) is 0 Å². The van der Waals surface area contributed by atoms with Crippen LogP contribution in [0, 0.1) is 5.92 Å². The Morgan fingerprint density at radius 3 is 2.81 bits per heavy atom. The Morgan fingerprint density at radius 1 is 1.29 bits per heavy atom. The lowest BCUT2D eigenvalue weighted by atomic mass is 9.95. The van der Waals surface area contributed by atoms with Crippen molar-refractivity contribution in [3.63, 3.8) is 0 Å². The average Bonchev–Trinajstić information content (AvgIpc) is 2.52. The van der Waals surface area contributed by atoms with Crippen LogP contribution in [0.15, 0.2) is 36.4 Å². The van der Waals surface area contributed by atoms with Gasteiger partial charge in [0.2, 0.25) is 0 Å². The zero-order chi connectivity index (χ0) is 15.1. The number of carbonyl (C=O) groups is 2. The molecule has 112 valence electrons. The molecule has 1 atom stereocenters. The third kappa shape index (κ3) is 4.90. The number of hydrogen-bond acceptors (Lipinski definition) is 3. The first-order valence-electron chi connectivity index (χ1n) is 6.98. The lowest BCUT2D eigenvalue weighted by Gasteiger charge is -2.16. The van der Waals surface area contributed by atoms with Crippen LogP contribution in [-0.4, -0.2) is 18.5 Å². The van der Waals surface area contributed by atoms with Gasteiger partial charge in [0.15, 0.2) is 6.61 Å². The second-order valence-electron chi connectivity index (χ2n) is 4.96. The smallest absolute Gasteiger partial charge is 0.309 e. The van der Waals surface area contributed by atoms with E-state index in [2.05, 4.69) is 11.4 Å². The van der Waals surface area contributed by atoms with Gasteiger partial charge in [0.1, 0.15) is 0 Å². The number of ether oxygens (including phenoxy) is 1. The number of nitrogens with one attached hydrogen (secondary N) is 1. The van der Waals surface area contributed by atoms with Gasteiger partial charge in [0, 0.05) is 11.6 Å². The van der Waals surface area contributed by atoms with E-state index in [1.165, 1.54) is 0 Å². The van der Waals surface area contributed by atoms with Crippen molar-refractivity contribution in [2.45, 2.75) is 25.8 Å². The van der Waals surface area contributed by atoms with Crippen molar-refractivity contribution in [3.8, 4) is 0 Å². The van der Waals surface area contributed by atoms with E-state index in [0.717, 1.165) is 18.4 Å². The van der Waals surface area contributed by atoms with Gasteiger partial charge in [-0.15, -0.1) is 0 Å². The summed E-state index contributed by atoms with van der Waals surface area (Å²) in [4.78, 5) is 23.4. The highest BCUT2D eigenvalue weighted by molar-refractivity contribution is 6.31. The van der Waals surface area contributed by atoms with Crippen LogP contribution in [0.5, 0.6) is 0 Å². The molecule has 1 amide bonds. The third-order valence-electron chi connectivity index (χ3n) is 3.38. The van der Waals surface area contributed by atoms with Gasteiger partial charge < -0.3 is 10.1 Å². The fraction of sp³-hybridized carbons (Fsp3) is 0.375. The molecule has 1 aliphatic carbocycles. The van der Waals surface area contributed by atoms with E-state index in [1.54, 1.807) is 6.07 Å². The Kier molecular flexibility index (Phi) is 5.81. The highest BCUT2D eigenvalue weighted by Gasteiger charge is 2.20. The van der Waals surface area contributed by atoms with Crippen molar-refractivity contribution < 1.29 is 14.3 Å². The molecule has 0 bridgehead atoms. The zero-order valence-electron chi connectivity index (χ0n) is 11.7. The minimum atomic E-state index is -0.324. The van der Waals surface area contributed by atoms with Gasteiger partial charge in [-0.1, -0.05) is 42.0 Å². The molecule has 0 unspecified atom stereocenters. The quantitative estimate of drug-likeness (QED) is 0.672. The number of amides is 1. The molecular weight excluding hydrogens is 290 g/mol. The molecule has 2 rings (SSSR count). The fourth-order valence-corrected chi connectivity index (χ4v) is 2.35. The van der Waals surface area contributed by atoms with Gasteiger partial charge in [0.05, 0.1) is 5.92 Å². The van der Waals surface area contributed by atoms with E-state index in [0.29, 0.717) is 18.0 Å². The van der Waals surface area contributed by atoms with Gasteiger partial charge in [-0.2, -0.15) is 0 Å². The summed E-state index contributed by atoms with van der Waals surface area (Å²) in [5.74, 6) is -0.742. The van der Waals surface area contributed by atoms with E-state index in [1.807, 2.05) is 24.3 Å². The maximum Gasteiger partial charge on any atom is 0.309 e. The van der Waals surface area contributed by atoms with Gasteiger partial charge in [-0.05, 0) is 30.9 Å². The van der Waals surface area contributed by atoms with E-state index in [9.17, 15) is 9.59 Å². The molecule has 1 N–H and O–H groups in total. The number of halogens is 1. The molecule has 1 aliphatic rings. The molecule has 5 heteroatoms. The SMILES string of the molecule is O=C(COC(=O)[C@@H]1CC=CCC1)NCc1ccccc1Cl. The monoisotopic (exact) mass is 307 g/mol. The van der Waals surface area contributed by atoms with Crippen molar-refractivity contribution in [2.75, 3.05) is 6.61 Å². The maximum atomic E-state index is 11.8. The second kappa shape index (κ2) is 7.84. The van der Waals surface area contributed by atoms with Gasteiger partial charge in [-0.25, -0.2) is 0 Å². The molecular formula is C16H18ClNO3. The minimum Gasteiger partial charge on any atom is -0.455 e. The average molecular weight is 308 g/mol. The molecule has 0 heterocycles. The predicted octanol–water partition coefficient (Wildman–Crippen LogP) is 2.86. The molecule has 1 aromatic carbocycles. The molecule has 4 nitrogen and oxygen atoms in total. The molecule has 1 aromatic rings. The van der Waals surface area contributed by atoms with E-state index in [-0.39, 0.29) is 24.4 Å². The Labute approximate surface area is 129 Å². The van der Waals surface area contributed by atoms with Crippen LogP contribution in [0.3, 0.4) is 0 Å². The Balaban J connectivity index is 1.71. The van der Waals surface area contributed by atoms with E-state index < -0.39 is 0 Å². The molecule has 0 radical (unpaired) electrons. The number of esters is 1. The minimum absolute atomic E-state index is 0.119. The van der Waals surface area contributed by atoms with Crippen molar-refractivity contribution in [2.24, 2.45) is 5.92 Å². The van der Waals surface area contributed by atoms with E-state index >= 15 is 0 Å². The summed E-state index contributed by atoms with van der Waals surface area (Å²) in [5, 5.41) is 3.28. The first-order chi connectivity index (χ1) is 10.2. The van der Waals surface area contributed by atoms with Crippen LogP contribution < -0.4 is 5.32 Å². The first kappa shape index (κ1) is 15.6. The van der Waals surface area contributed by atoms with Crippen LogP contribution >= 0.6 is 11.6 Å². The fourth-order valence-electron chi connectivity index (χ4n) is 2.15. The normalized spacial score (nSPS) is 17.3. The Morgan fingerprint density at radius 2 is 2.10 bits per heavy atom. The van der Waals surface area contributed by atoms with Crippen molar-refractivity contribution in [3.05, 3.63) is 47.0 Å². The van der Waals surface area contributed by atoms with Crippen molar-refractivity contribution >= 4 is 23.5 Å². The number of carbonyl (C=O) groups excluding carboxylic acids is 2. The summed E-state index contributed by atoms with van der Waals surface area (Å²) < 4.78 is 5.04. The largest absolute Gasteiger partial charge is 0.455 e. The molecule has 0 spiro atoms. The molecule has 0 fully saturated rings. The zero-order valence-corrected chi connectivity index (χ0v) is 12.4. The van der Waals surface area contributed by atoms with Gasteiger partial charge >= 0.3 is 5.97 Å². The van der Waals surface area contributed by atoms with Crippen LogP contribution in [-0.2, 0) is 20.9 Å². The van der Waals surface area contributed by atoms with Gasteiger partial charge in [-0.3, -0.25) is 9.59 Å². The summed E-state index contributed by atoms with van der Waals surface area (Å²) in [7, 11) is 0. The molecule has 0 aliphatic heterocycles. The van der Waals surface area contributed by atoms with Crippen LogP contribution in [0.25, 0.3) is 0 Å².